The second kappa shape index (κ2) is 4.50. The van der Waals surface area contributed by atoms with Gasteiger partial charge in [0.05, 0.1) is 0 Å². The third-order valence-corrected chi connectivity index (χ3v) is 4.82. The van der Waals surface area contributed by atoms with Gasteiger partial charge in [-0.25, -0.2) is 0 Å². The molecule has 2 heteroatoms. The number of thiophene rings is 1. The van der Waals surface area contributed by atoms with Gasteiger partial charge in [-0.1, -0.05) is 26.8 Å². The third-order valence-electron chi connectivity index (χ3n) is 3.77. The van der Waals surface area contributed by atoms with Gasteiger partial charge >= 0.3 is 0 Å². The zero-order chi connectivity index (χ0) is 11.8. The molecule has 90 valence electrons. The molecule has 0 bridgehead atoms. The van der Waals surface area contributed by atoms with Crippen LogP contribution in [0.3, 0.4) is 0 Å². The van der Waals surface area contributed by atoms with Gasteiger partial charge in [-0.15, -0.1) is 11.3 Å². The van der Waals surface area contributed by atoms with Crippen LogP contribution in [0.15, 0.2) is 17.5 Å². The van der Waals surface area contributed by atoms with E-state index in [9.17, 15) is 0 Å². The van der Waals surface area contributed by atoms with E-state index < -0.39 is 0 Å². The Morgan fingerprint density at radius 1 is 1.44 bits per heavy atom. The van der Waals surface area contributed by atoms with Gasteiger partial charge in [0.2, 0.25) is 0 Å². The summed E-state index contributed by atoms with van der Waals surface area (Å²) >= 11 is 1.85. The van der Waals surface area contributed by atoms with Crippen molar-refractivity contribution < 1.29 is 0 Å². The quantitative estimate of drug-likeness (QED) is 0.830. The molecule has 1 aromatic heterocycles. The fourth-order valence-electron chi connectivity index (χ4n) is 3.06. The van der Waals surface area contributed by atoms with Crippen LogP contribution in [0.5, 0.6) is 0 Å². The zero-order valence-electron chi connectivity index (χ0n) is 10.8. The molecule has 1 N–H and O–H groups in total. The molecular formula is C14H23NS. The van der Waals surface area contributed by atoms with Gasteiger partial charge in [0.25, 0.3) is 0 Å². The van der Waals surface area contributed by atoms with Crippen LogP contribution in [0.2, 0.25) is 0 Å². The third kappa shape index (κ3) is 2.67. The van der Waals surface area contributed by atoms with Crippen LogP contribution in [-0.4, -0.2) is 6.04 Å². The number of hydrogen-bond acceptors (Lipinski definition) is 2. The zero-order valence-corrected chi connectivity index (χ0v) is 11.6. The maximum atomic E-state index is 3.80. The molecule has 0 spiro atoms. The lowest BCUT2D eigenvalue weighted by Gasteiger charge is -2.22. The van der Waals surface area contributed by atoms with E-state index in [4.69, 9.17) is 0 Å². The Morgan fingerprint density at radius 3 is 2.69 bits per heavy atom. The van der Waals surface area contributed by atoms with Crippen molar-refractivity contribution in [1.82, 2.24) is 5.32 Å². The highest BCUT2D eigenvalue weighted by Crippen LogP contribution is 2.41. The van der Waals surface area contributed by atoms with Gasteiger partial charge in [0, 0.05) is 17.0 Å². The first-order chi connectivity index (χ1) is 7.48. The Hall–Kier alpha value is -0.340. The molecular weight excluding hydrogens is 214 g/mol. The van der Waals surface area contributed by atoms with E-state index in [-0.39, 0.29) is 0 Å². The van der Waals surface area contributed by atoms with E-state index in [1.807, 2.05) is 11.3 Å². The summed E-state index contributed by atoms with van der Waals surface area (Å²) in [6, 6.07) is 5.56. The Labute approximate surface area is 103 Å². The molecule has 1 fully saturated rings. The molecule has 1 aliphatic rings. The van der Waals surface area contributed by atoms with Crippen molar-refractivity contribution in [2.75, 3.05) is 0 Å². The summed E-state index contributed by atoms with van der Waals surface area (Å²) in [5.74, 6) is 0.803. The average molecular weight is 237 g/mol. The highest BCUT2D eigenvalue weighted by atomic mass is 32.1. The van der Waals surface area contributed by atoms with Crippen molar-refractivity contribution in [2.45, 2.75) is 52.6 Å². The fraction of sp³-hybridized carbons (Fsp3) is 0.714. The second-order valence-corrected chi connectivity index (χ2v) is 7.04. The number of rotatable bonds is 3. The van der Waals surface area contributed by atoms with E-state index in [2.05, 4.69) is 50.5 Å². The van der Waals surface area contributed by atoms with Crippen molar-refractivity contribution in [1.29, 1.82) is 0 Å². The largest absolute Gasteiger partial charge is 0.306 e. The highest BCUT2D eigenvalue weighted by Gasteiger charge is 2.37. The molecule has 1 aromatic rings. The van der Waals surface area contributed by atoms with Crippen LogP contribution < -0.4 is 5.32 Å². The summed E-state index contributed by atoms with van der Waals surface area (Å²) in [5.41, 5.74) is 0.520. The lowest BCUT2D eigenvalue weighted by atomic mass is 9.91. The van der Waals surface area contributed by atoms with Crippen LogP contribution in [-0.2, 0) is 0 Å². The Bertz CT molecular complexity index is 329. The van der Waals surface area contributed by atoms with Crippen LogP contribution in [0.1, 0.15) is 51.5 Å². The minimum absolute atomic E-state index is 0.501. The summed E-state index contributed by atoms with van der Waals surface area (Å²) in [7, 11) is 0. The molecule has 0 aromatic carbocycles. The van der Waals surface area contributed by atoms with Gasteiger partial charge in [0.1, 0.15) is 0 Å². The predicted molar refractivity (Wildman–Crippen MR) is 71.8 cm³/mol. The summed E-state index contributed by atoms with van der Waals surface area (Å²) in [6.45, 7) is 9.44. The first-order valence-electron chi connectivity index (χ1n) is 6.27. The fourth-order valence-corrected chi connectivity index (χ4v) is 3.80. The average Bonchev–Trinajstić information content (AvgIpc) is 2.74. The molecule has 1 heterocycles. The first kappa shape index (κ1) is 12.1. The Kier molecular flexibility index (Phi) is 3.41. The van der Waals surface area contributed by atoms with Crippen molar-refractivity contribution in [2.24, 2.45) is 11.3 Å². The molecule has 3 atom stereocenters. The summed E-state index contributed by atoms with van der Waals surface area (Å²) in [4.78, 5) is 1.46. The normalized spacial score (nSPS) is 30.5. The molecule has 1 nitrogen and oxygen atoms in total. The molecule has 0 radical (unpaired) electrons. The van der Waals surface area contributed by atoms with Gasteiger partial charge in [-0.3, -0.25) is 0 Å². The van der Waals surface area contributed by atoms with Crippen LogP contribution in [0.25, 0.3) is 0 Å². The predicted octanol–water partition coefficient (Wildman–Crippen LogP) is 4.22. The maximum Gasteiger partial charge on any atom is 0.0388 e. The van der Waals surface area contributed by atoms with Crippen molar-refractivity contribution in [3.63, 3.8) is 0 Å². The minimum Gasteiger partial charge on any atom is -0.306 e. The lowest BCUT2D eigenvalue weighted by Crippen LogP contribution is -2.33. The summed E-state index contributed by atoms with van der Waals surface area (Å²) in [6.07, 6.45) is 2.66. The molecule has 1 aliphatic carbocycles. The maximum absolute atomic E-state index is 3.80. The Balaban J connectivity index is 1.95. The number of nitrogens with one attached hydrogen (secondary N) is 1. The summed E-state index contributed by atoms with van der Waals surface area (Å²) < 4.78 is 0. The first-order valence-corrected chi connectivity index (χ1v) is 7.15. The van der Waals surface area contributed by atoms with Gasteiger partial charge in [0.15, 0.2) is 0 Å². The second-order valence-electron chi connectivity index (χ2n) is 6.06. The van der Waals surface area contributed by atoms with Crippen LogP contribution in [0.4, 0.5) is 0 Å². The topological polar surface area (TPSA) is 12.0 Å². The van der Waals surface area contributed by atoms with E-state index in [0.29, 0.717) is 17.5 Å². The monoisotopic (exact) mass is 237 g/mol. The smallest absolute Gasteiger partial charge is 0.0388 e. The van der Waals surface area contributed by atoms with E-state index in [1.54, 1.807) is 0 Å². The lowest BCUT2D eigenvalue weighted by molar-refractivity contribution is 0.357. The molecule has 2 rings (SSSR count). The standard InChI is InChI=1S/C14H23NS/c1-10-8-14(3,4)9-12(10)15-11(2)13-6-5-7-16-13/h5-7,10-12,15H,8-9H2,1-4H3. The van der Waals surface area contributed by atoms with Gasteiger partial charge in [-0.2, -0.15) is 0 Å². The van der Waals surface area contributed by atoms with E-state index in [1.165, 1.54) is 17.7 Å². The highest BCUT2D eigenvalue weighted by molar-refractivity contribution is 7.10. The van der Waals surface area contributed by atoms with Crippen LogP contribution >= 0.6 is 11.3 Å². The molecule has 1 saturated carbocycles. The van der Waals surface area contributed by atoms with Crippen molar-refractivity contribution >= 4 is 11.3 Å². The molecule has 0 saturated heterocycles. The number of hydrogen-bond donors (Lipinski definition) is 1. The summed E-state index contributed by atoms with van der Waals surface area (Å²) in [5, 5.41) is 5.96. The molecule has 3 unspecified atom stereocenters. The van der Waals surface area contributed by atoms with Crippen LogP contribution in [0, 0.1) is 11.3 Å². The van der Waals surface area contributed by atoms with Gasteiger partial charge in [-0.05, 0) is 42.5 Å². The molecule has 16 heavy (non-hydrogen) atoms. The molecule has 0 amide bonds. The minimum atomic E-state index is 0.501. The van der Waals surface area contributed by atoms with E-state index in [0.717, 1.165) is 5.92 Å². The van der Waals surface area contributed by atoms with Gasteiger partial charge < -0.3 is 5.32 Å². The van der Waals surface area contributed by atoms with E-state index >= 15 is 0 Å². The molecule has 0 aliphatic heterocycles. The Morgan fingerprint density at radius 2 is 2.19 bits per heavy atom. The van der Waals surface area contributed by atoms with Crippen molar-refractivity contribution in [3.05, 3.63) is 22.4 Å². The SMILES string of the molecule is CC(NC1CC(C)(C)CC1C)c1cccs1. The van der Waals surface area contributed by atoms with Crippen molar-refractivity contribution in [3.8, 4) is 0 Å².